The van der Waals surface area contributed by atoms with Crippen LogP contribution in [-0.2, 0) is 0 Å². The van der Waals surface area contributed by atoms with Gasteiger partial charge in [-0.2, -0.15) is 0 Å². The molecule has 0 saturated carbocycles. The predicted octanol–water partition coefficient (Wildman–Crippen LogP) is 6.61. The minimum Gasteiger partial charge on any atom is -0.494 e. The minimum atomic E-state index is 0.136. The smallest absolute Gasteiger partial charge is 0.146 e. The van der Waals surface area contributed by atoms with E-state index in [4.69, 9.17) is 9.47 Å². The topological polar surface area (TPSA) is 24.9 Å². The zero-order chi connectivity index (χ0) is 22.4. The lowest BCUT2D eigenvalue weighted by atomic mass is 10.0. The van der Waals surface area contributed by atoms with Crippen molar-refractivity contribution in [2.75, 3.05) is 18.1 Å². The number of benzene rings is 2. The number of ether oxygens (including phenoxy) is 2. The second kappa shape index (κ2) is 10.4. The summed E-state index contributed by atoms with van der Waals surface area (Å²) in [5.41, 5.74) is 6.15. The van der Waals surface area contributed by atoms with E-state index in [1.54, 1.807) is 0 Å². The Morgan fingerprint density at radius 2 is 1.74 bits per heavy atom. The molecular weight excluding hydrogens is 384 g/mol. The Balaban J connectivity index is 1.42. The maximum absolute atomic E-state index is 5.95. The van der Waals surface area contributed by atoms with Gasteiger partial charge in [-0.25, -0.2) is 0 Å². The van der Waals surface area contributed by atoms with Crippen LogP contribution in [0.2, 0.25) is 0 Å². The fourth-order valence-electron chi connectivity index (χ4n) is 3.96. The van der Waals surface area contributed by atoms with Crippen LogP contribution in [0, 0.1) is 27.4 Å². The van der Waals surface area contributed by atoms with Crippen LogP contribution in [0.15, 0.2) is 49.3 Å². The number of anilines is 1. The van der Waals surface area contributed by atoms with Gasteiger partial charge >= 0.3 is 0 Å². The van der Waals surface area contributed by atoms with Gasteiger partial charge in [0.1, 0.15) is 18.2 Å². The van der Waals surface area contributed by atoms with E-state index >= 15 is 0 Å². The first-order valence-electron chi connectivity index (χ1n) is 11.1. The highest BCUT2D eigenvalue weighted by molar-refractivity contribution is 5.64. The third-order valence-corrected chi connectivity index (χ3v) is 5.23. The van der Waals surface area contributed by atoms with Gasteiger partial charge in [-0.1, -0.05) is 30.4 Å². The Hall–Kier alpha value is -2.88. The molecule has 0 aliphatic carbocycles. The zero-order valence-electron chi connectivity index (χ0n) is 19.5. The van der Waals surface area contributed by atoms with Crippen LogP contribution in [0.25, 0.3) is 6.08 Å². The molecule has 1 aliphatic rings. The second-order valence-corrected chi connectivity index (χ2v) is 8.43. The van der Waals surface area contributed by atoms with Crippen LogP contribution in [0.3, 0.4) is 0 Å². The van der Waals surface area contributed by atoms with Crippen molar-refractivity contribution in [2.45, 2.75) is 53.6 Å². The highest BCUT2D eigenvalue weighted by Gasteiger charge is 2.18. The van der Waals surface area contributed by atoms with Gasteiger partial charge in [0.2, 0.25) is 0 Å². The average molecular weight is 420 g/mol. The van der Waals surface area contributed by atoms with Gasteiger partial charge in [-0.15, -0.1) is 0 Å². The van der Waals surface area contributed by atoms with E-state index in [2.05, 4.69) is 68.4 Å². The van der Waals surface area contributed by atoms with Crippen molar-refractivity contribution in [3.8, 4) is 11.5 Å². The highest BCUT2D eigenvalue weighted by Crippen LogP contribution is 2.30. The van der Waals surface area contributed by atoms with Crippen LogP contribution in [0.5, 0.6) is 11.5 Å². The maximum atomic E-state index is 5.95. The van der Waals surface area contributed by atoms with Crippen LogP contribution in [0.1, 0.15) is 48.9 Å². The quantitative estimate of drug-likeness (QED) is 0.404. The monoisotopic (exact) mass is 419 g/mol. The Morgan fingerprint density at radius 1 is 1.00 bits per heavy atom. The average Bonchev–Trinajstić information content (AvgIpc) is 3.15. The summed E-state index contributed by atoms with van der Waals surface area (Å²) in [6, 6.07) is 10.4. The summed E-state index contributed by atoms with van der Waals surface area (Å²) >= 11 is 0. The SMILES string of the molecule is C=Cc1cc(OCCCCN2[CH]N(c3c(C)cc(C)cc3C)C=C2)ccc1OC(C)C. The zero-order valence-corrected chi connectivity index (χ0v) is 19.5. The van der Waals surface area contributed by atoms with E-state index in [1.807, 2.05) is 38.1 Å². The molecule has 1 aliphatic heterocycles. The first kappa shape index (κ1) is 22.8. The highest BCUT2D eigenvalue weighted by atomic mass is 16.5. The fraction of sp³-hybridized carbons (Fsp3) is 0.370. The molecule has 0 unspecified atom stereocenters. The first-order valence-corrected chi connectivity index (χ1v) is 11.1. The van der Waals surface area contributed by atoms with Crippen molar-refractivity contribution in [2.24, 2.45) is 0 Å². The van der Waals surface area contributed by atoms with Gasteiger partial charge in [0.25, 0.3) is 0 Å². The van der Waals surface area contributed by atoms with E-state index in [9.17, 15) is 0 Å². The lowest BCUT2D eigenvalue weighted by Crippen LogP contribution is -2.21. The van der Waals surface area contributed by atoms with Gasteiger partial charge in [-0.05, 0) is 76.8 Å². The number of hydrogen-bond acceptors (Lipinski definition) is 4. The molecule has 1 heterocycles. The number of rotatable bonds is 10. The molecule has 0 amide bonds. The number of unbranched alkanes of at least 4 members (excludes halogenated alkanes) is 1. The largest absolute Gasteiger partial charge is 0.494 e. The van der Waals surface area contributed by atoms with Gasteiger partial charge < -0.3 is 19.3 Å². The standard InChI is InChI=1S/C27H35N2O2/c1-7-24-18-25(10-11-26(24)31-20(2)3)30-15-9-8-12-28-13-14-29(19-28)27-22(5)16-21(4)17-23(27)6/h7,10-11,13-14,16-20H,1,8-9,12,15H2,2-6H3. The molecule has 2 aromatic rings. The van der Waals surface area contributed by atoms with E-state index in [1.165, 1.54) is 22.4 Å². The molecule has 4 heteroatoms. The molecule has 3 rings (SSSR count). The summed E-state index contributed by atoms with van der Waals surface area (Å²) in [5.74, 6) is 1.70. The van der Waals surface area contributed by atoms with Crippen molar-refractivity contribution < 1.29 is 9.47 Å². The number of hydrogen-bond donors (Lipinski definition) is 0. The second-order valence-electron chi connectivity index (χ2n) is 8.43. The molecular formula is C27H35N2O2. The summed E-state index contributed by atoms with van der Waals surface area (Å²) < 4.78 is 11.8. The van der Waals surface area contributed by atoms with Gasteiger partial charge in [-0.3, -0.25) is 0 Å². The maximum Gasteiger partial charge on any atom is 0.146 e. The van der Waals surface area contributed by atoms with Crippen molar-refractivity contribution in [1.82, 2.24) is 4.90 Å². The van der Waals surface area contributed by atoms with Gasteiger partial charge in [0.05, 0.1) is 12.7 Å². The molecule has 1 radical (unpaired) electrons. The van der Waals surface area contributed by atoms with Crippen LogP contribution < -0.4 is 14.4 Å². The molecule has 0 spiro atoms. The lowest BCUT2D eigenvalue weighted by Gasteiger charge is -2.24. The van der Waals surface area contributed by atoms with Gasteiger partial charge in [0.15, 0.2) is 0 Å². The molecule has 165 valence electrons. The molecule has 4 nitrogen and oxygen atoms in total. The molecule has 2 aromatic carbocycles. The summed E-state index contributed by atoms with van der Waals surface area (Å²) in [5, 5.41) is 0. The van der Waals surface area contributed by atoms with Crippen molar-refractivity contribution in [3.63, 3.8) is 0 Å². The van der Waals surface area contributed by atoms with Crippen LogP contribution >= 0.6 is 0 Å². The lowest BCUT2D eigenvalue weighted by molar-refractivity contribution is 0.241. The van der Waals surface area contributed by atoms with Crippen molar-refractivity contribution >= 4 is 11.8 Å². The normalized spacial score (nSPS) is 13.2. The Morgan fingerprint density at radius 3 is 2.42 bits per heavy atom. The predicted molar refractivity (Wildman–Crippen MR) is 130 cm³/mol. The van der Waals surface area contributed by atoms with E-state index in [0.717, 1.165) is 36.4 Å². The third kappa shape index (κ3) is 6.06. The van der Waals surface area contributed by atoms with Crippen molar-refractivity contribution in [1.29, 1.82) is 0 Å². The summed E-state index contributed by atoms with van der Waals surface area (Å²) in [6.07, 6.45) is 8.28. The Labute approximate surface area is 187 Å². The van der Waals surface area contributed by atoms with Gasteiger partial charge in [0, 0.05) is 30.2 Å². The van der Waals surface area contributed by atoms with Crippen LogP contribution in [0.4, 0.5) is 5.69 Å². The number of aryl methyl sites for hydroxylation is 3. The molecule has 0 atom stereocenters. The fourth-order valence-corrected chi connectivity index (χ4v) is 3.96. The summed E-state index contributed by atoms with van der Waals surface area (Å²) in [7, 11) is 0. The third-order valence-electron chi connectivity index (χ3n) is 5.23. The molecule has 31 heavy (non-hydrogen) atoms. The van der Waals surface area contributed by atoms with Crippen LogP contribution in [-0.4, -0.2) is 24.2 Å². The molecule has 0 bridgehead atoms. The molecule has 0 N–H and O–H groups in total. The molecule has 0 saturated heterocycles. The Kier molecular flexibility index (Phi) is 7.67. The first-order chi connectivity index (χ1) is 14.9. The molecule has 0 fully saturated rings. The Bertz CT molecular complexity index is 910. The number of nitrogens with zero attached hydrogens (tertiary/aromatic N) is 2. The minimum absolute atomic E-state index is 0.136. The van der Waals surface area contributed by atoms with E-state index in [-0.39, 0.29) is 6.10 Å². The molecule has 0 aromatic heterocycles. The van der Waals surface area contributed by atoms with Crippen molar-refractivity contribution in [3.05, 3.63) is 78.2 Å². The van der Waals surface area contributed by atoms with E-state index in [0.29, 0.717) is 6.61 Å². The summed E-state index contributed by atoms with van der Waals surface area (Å²) in [6.45, 7) is 18.3. The summed E-state index contributed by atoms with van der Waals surface area (Å²) in [4.78, 5) is 4.46. The van der Waals surface area contributed by atoms with E-state index < -0.39 is 0 Å².